The van der Waals surface area contributed by atoms with E-state index in [0.29, 0.717) is 23.4 Å². The van der Waals surface area contributed by atoms with Crippen molar-refractivity contribution in [3.63, 3.8) is 0 Å². The fraction of sp³-hybridized carbons (Fsp3) is 0.417. The minimum atomic E-state index is -2.62. The van der Waals surface area contributed by atoms with E-state index in [1.807, 2.05) is 36.4 Å². The topological polar surface area (TPSA) is 43.1 Å². The highest BCUT2D eigenvalue weighted by atomic mass is 31.2. The SMILES string of the molecule is CC1(C)[C@H]2C[C@@H]1[C@@H]1C(N)=C(c3ccccc3)[P@](=O)(Cc3ccccc3)[C@@H]1C2. The van der Waals surface area contributed by atoms with E-state index < -0.39 is 7.14 Å². The van der Waals surface area contributed by atoms with Gasteiger partial charge in [-0.1, -0.05) is 74.5 Å². The van der Waals surface area contributed by atoms with Crippen LogP contribution < -0.4 is 5.73 Å². The van der Waals surface area contributed by atoms with Crippen LogP contribution >= 0.6 is 7.14 Å². The Morgan fingerprint density at radius 2 is 1.63 bits per heavy atom. The van der Waals surface area contributed by atoms with Gasteiger partial charge in [-0.25, -0.2) is 0 Å². The highest BCUT2D eigenvalue weighted by Crippen LogP contribution is 2.79. The fourth-order valence-corrected chi connectivity index (χ4v) is 10.3. The largest absolute Gasteiger partial charge is 0.401 e. The number of rotatable bonds is 3. The molecule has 6 rings (SSSR count). The predicted molar refractivity (Wildman–Crippen MR) is 113 cm³/mol. The molecule has 0 saturated heterocycles. The molecule has 2 nitrogen and oxygen atoms in total. The average molecular weight is 377 g/mol. The number of hydrogen-bond donors (Lipinski definition) is 1. The van der Waals surface area contributed by atoms with Crippen molar-refractivity contribution in [3.8, 4) is 0 Å². The maximum absolute atomic E-state index is 14.7. The molecule has 2 N–H and O–H groups in total. The van der Waals surface area contributed by atoms with Crippen LogP contribution in [0.4, 0.5) is 0 Å². The molecule has 0 spiro atoms. The van der Waals surface area contributed by atoms with Crippen molar-refractivity contribution in [1.29, 1.82) is 0 Å². The van der Waals surface area contributed by atoms with E-state index in [1.165, 1.54) is 12.0 Å². The minimum absolute atomic E-state index is 0.227. The second-order valence-corrected chi connectivity index (χ2v) is 12.3. The minimum Gasteiger partial charge on any atom is -0.401 e. The van der Waals surface area contributed by atoms with Gasteiger partial charge in [0, 0.05) is 28.8 Å². The van der Waals surface area contributed by atoms with Crippen LogP contribution in [0.3, 0.4) is 0 Å². The molecule has 3 heteroatoms. The average Bonchev–Trinajstić information content (AvgIpc) is 2.90. The van der Waals surface area contributed by atoms with Crippen molar-refractivity contribution in [1.82, 2.24) is 0 Å². The molecule has 1 aliphatic heterocycles. The molecule has 4 aliphatic rings. The molecular formula is C24H28NOP. The van der Waals surface area contributed by atoms with Gasteiger partial charge < -0.3 is 10.3 Å². The van der Waals surface area contributed by atoms with Crippen LogP contribution in [0.25, 0.3) is 5.31 Å². The molecule has 2 bridgehead atoms. The van der Waals surface area contributed by atoms with Gasteiger partial charge in [0.2, 0.25) is 0 Å². The first-order valence-electron chi connectivity index (χ1n) is 10.1. The molecule has 3 fully saturated rings. The van der Waals surface area contributed by atoms with Crippen molar-refractivity contribution in [2.24, 2.45) is 28.9 Å². The summed E-state index contributed by atoms with van der Waals surface area (Å²) in [5.41, 5.74) is 10.6. The summed E-state index contributed by atoms with van der Waals surface area (Å²) in [5.74, 6) is 1.55. The third kappa shape index (κ3) is 2.36. The zero-order valence-corrected chi connectivity index (χ0v) is 17.0. The Morgan fingerprint density at radius 3 is 2.26 bits per heavy atom. The van der Waals surface area contributed by atoms with E-state index >= 15 is 0 Å². The van der Waals surface area contributed by atoms with E-state index in [0.717, 1.165) is 23.0 Å². The zero-order valence-electron chi connectivity index (χ0n) is 16.1. The Hall–Kier alpha value is -1.79. The van der Waals surface area contributed by atoms with Crippen molar-refractivity contribution in [3.05, 3.63) is 77.5 Å². The molecular weight excluding hydrogens is 349 g/mol. The highest BCUT2D eigenvalue weighted by molar-refractivity contribution is 7.74. The molecule has 0 amide bonds. The van der Waals surface area contributed by atoms with Crippen LogP contribution in [0.5, 0.6) is 0 Å². The smallest absolute Gasteiger partial charge is 0.125 e. The first-order valence-corrected chi connectivity index (χ1v) is 12.1. The number of nitrogens with two attached hydrogens (primary N) is 1. The molecule has 140 valence electrons. The second-order valence-electron chi connectivity index (χ2n) is 9.30. The Labute approximate surface area is 162 Å². The monoisotopic (exact) mass is 377 g/mol. The zero-order chi connectivity index (χ0) is 18.8. The molecule has 0 radical (unpaired) electrons. The van der Waals surface area contributed by atoms with E-state index in [1.54, 1.807) is 0 Å². The molecule has 3 saturated carbocycles. The van der Waals surface area contributed by atoms with Crippen LogP contribution in [-0.2, 0) is 10.7 Å². The maximum Gasteiger partial charge on any atom is 0.125 e. The molecule has 27 heavy (non-hydrogen) atoms. The van der Waals surface area contributed by atoms with Crippen molar-refractivity contribution >= 4 is 12.5 Å². The van der Waals surface area contributed by atoms with E-state index in [9.17, 15) is 4.57 Å². The molecule has 2 aromatic carbocycles. The standard InChI is InChI=1S/C24H28NOP/c1-24(2)18-13-19(24)21-20(14-18)27(26,15-16-9-5-3-6-10-16)23(22(21)25)17-11-7-4-8-12-17/h3-12,18-21H,13-15,25H2,1-2H3/t18-,19+,20+,21-,27-/m0/s1. The van der Waals surface area contributed by atoms with Gasteiger partial charge >= 0.3 is 0 Å². The maximum atomic E-state index is 14.7. The Kier molecular flexibility index (Phi) is 3.75. The summed E-state index contributed by atoms with van der Waals surface area (Å²) in [5, 5.41) is 0.991. The van der Waals surface area contributed by atoms with Crippen molar-refractivity contribution < 1.29 is 4.57 Å². The van der Waals surface area contributed by atoms with Gasteiger partial charge in [0.15, 0.2) is 0 Å². The van der Waals surface area contributed by atoms with Crippen LogP contribution in [0.15, 0.2) is 66.4 Å². The molecule has 0 aromatic heterocycles. The quantitative estimate of drug-likeness (QED) is 0.673. The summed E-state index contributed by atoms with van der Waals surface area (Å²) in [6.07, 6.45) is 2.96. The fourth-order valence-electron chi connectivity index (χ4n) is 6.20. The van der Waals surface area contributed by atoms with Gasteiger partial charge in [0.25, 0.3) is 0 Å². The third-order valence-electron chi connectivity index (χ3n) is 7.77. The van der Waals surface area contributed by atoms with Crippen LogP contribution in [0.1, 0.15) is 37.8 Å². The predicted octanol–water partition coefficient (Wildman–Crippen LogP) is 5.94. The summed E-state index contributed by atoms with van der Waals surface area (Å²) in [6.45, 7) is 4.77. The third-order valence-corrected chi connectivity index (χ3v) is 11.5. The summed E-state index contributed by atoms with van der Waals surface area (Å²) in [7, 11) is -2.62. The lowest BCUT2D eigenvalue weighted by Gasteiger charge is -2.62. The first-order chi connectivity index (χ1) is 12.9. The Balaban J connectivity index is 1.65. The van der Waals surface area contributed by atoms with E-state index in [4.69, 9.17) is 5.73 Å². The summed E-state index contributed by atoms with van der Waals surface area (Å²) in [4.78, 5) is 0. The summed E-state index contributed by atoms with van der Waals surface area (Å²) >= 11 is 0. The van der Waals surface area contributed by atoms with Crippen LogP contribution in [0.2, 0.25) is 0 Å². The van der Waals surface area contributed by atoms with Gasteiger partial charge in [-0.05, 0) is 41.2 Å². The molecule has 1 heterocycles. The second kappa shape index (κ2) is 5.85. The first kappa shape index (κ1) is 17.3. The van der Waals surface area contributed by atoms with Crippen molar-refractivity contribution in [2.75, 3.05) is 0 Å². The normalized spacial score (nSPS) is 36.2. The highest BCUT2D eigenvalue weighted by Gasteiger charge is 2.65. The Morgan fingerprint density at radius 1 is 1.00 bits per heavy atom. The Bertz CT molecular complexity index is 947. The van der Waals surface area contributed by atoms with Gasteiger partial charge in [-0.3, -0.25) is 0 Å². The molecule has 5 atom stereocenters. The number of hydrogen-bond acceptors (Lipinski definition) is 2. The van der Waals surface area contributed by atoms with Gasteiger partial charge in [-0.2, -0.15) is 0 Å². The van der Waals surface area contributed by atoms with Crippen LogP contribution in [0, 0.1) is 23.2 Å². The van der Waals surface area contributed by atoms with Gasteiger partial charge in [0.05, 0.1) is 0 Å². The van der Waals surface area contributed by atoms with E-state index in [2.05, 4.69) is 38.1 Å². The van der Waals surface area contributed by atoms with Gasteiger partial charge in [-0.15, -0.1) is 0 Å². The number of benzene rings is 2. The van der Waals surface area contributed by atoms with Crippen molar-refractivity contribution in [2.45, 2.75) is 38.5 Å². The lowest BCUT2D eigenvalue weighted by atomic mass is 9.45. The molecule has 3 aliphatic carbocycles. The summed E-state index contributed by atoms with van der Waals surface area (Å²) in [6, 6.07) is 20.6. The van der Waals surface area contributed by atoms with Gasteiger partial charge in [0.1, 0.15) is 7.14 Å². The lowest BCUT2D eigenvalue weighted by Crippen LogP contribution is -2.57. The summed E-state index contributed by atoms with van der Waals surface area (Å²) < 4.78 is 14.7. The molecule has 0 unspecified atom stereocenters. The molecule has 2 aromatic rings. The lowest BCUT2D eigenvalue weighted by molar-refractivity contribution is -0.0903. The van der Waals surface area contributed by atoms with Crippen LogP contribution in [-0.4, -0.2) is 5.66 Å². The van der Waals surface area contributed by atoms with E-state index in [-0.39, 0.29) is 11.6 Å². The number of allylic oxidation sites excluding steroid dienone is 1.